The molecule has 1 fully saturated rings. The molecule has 1 saturated heterocycles. The number of nitrogens with zero attached hydrogens (tertiary/aromatic N) is 2. The van der Waals surface area contributed by atoms with E-state index in [0.29, 0.717) is 25.9 Å². The standard InChI is InChI=1S/C14H18FN3O5S/c1-17(2)12-8-9(14(20)21)11(15)7-10(12)13(19)16-24(22,23)18-5-3-4-6-18/h7-8H,3-6H2,1-2H3,(H,16,19)(H,20,21). The second-order valence-electron chi connectivity index (χ2n) is 5.59. The number of aromatic carboxylic acids is 1. The van der Waals surface area contributed by atoms with Crippen LogP contribution in [0.4, 0.5) is 10.1 Å². The number of carboxylic acids is 1. The summed E-state index contributed by atoms with van der Waals surface area (Å²) in [4.78, 5) is 24.7. The summed E-state index contributed by atoms with van der Waals surface area (Å²) in [5, 5.41) is 8.97. The molecule has 1 aliphatic heterocycles. The van der Waals surface area contributed by atoms with E-state index in [9.17, 15) is 22.4 Å². The summed E-state index contributed by atoms with van der Waals surface area (Å²) in [5.74, 6) is -3.61. The molecule has 1 aromatic rings. The van der Waals surface area contributed by atoms with Crippen molar-refractivity contribution in [2.24, 2.45) is 0 Å². The normalized spacial score (nSPS) is 15.3. The van der Waals surface area contributed by atoms with E-state index < -0.39 is 33.5 Å². The summed E-state index contributed by atoms with van der Waals surface area (Å²) in [6.07, 6.45) is 1.42. The van der Waals surface area contributed by atoms with Crippen LogP contribution < -0.4 is 9.62 Å². The number of carboxylic acid groups (broad SMARTS) is 1. The molecule has 24 heavy (non-hydrogen) atoms. The Morgan fingerprint density at radius 3 is 2.29 bits per heavy atom. The van der Waals surface area contributed by atoms with Gasteiger partial charge in [-0.25, -0.2) is 13.9 Å². The Morgan fingerprint density at radius 2 is 1.79 bits per heavy atom. The number of carbonyl (C=O) groups excluding carboxylic acids is 1. The van der Waals surface area contributed by atoms with Gasteiger partial charge in [-0.3, -0.25) is 4.79 Å². The number of carbonyl (C=O) groups is 2. The first kappa shape index (κ1) is 18.1. The van der Waals surface area contributed by atoms with Crippen molar-refractivity contribution in [1.29, 1.82) is 0 Å². The molecule has 2 N–H and O–H groups in total. The Bertz CT molecular complexity index is 773. The molecule has 0 saturated carbocycles. The minimum atomic E-state index is -4.01. The number of anilines is 1. The molecule has 8 nitrogen and oxygen atoms in total. The highest BCUT2D eigenvalue weighted by Crippen LogP contribution is 2.24. The topological polar surface area (TPSA) is 107 Å². The number of hydrogen-bond acceptors (Lipinski definition) is 5. The van der Waals surface area contributed by atoms with Crippen molar-refractivity contribution < 1.29 is 27.5 Å². The fourth-order valence-corrected chi connectivity index (χ4v) is 3.65. The second kappa shape index (κ2) is 6.73. The number of benzene rings is 1. The van der Waals surface area contributed by atoms with E-state index in [2.05, 4.69) is 0 Å². The van der Waals surface area contributed by atoms with Crippen LogP contribution in [0.15, 0.2) is 12.1 Å². The monoisotopic (exact) mass is 359 g/mol. The maximum atomic E-state index is 13.9. The van der Waals surface area contributed by atoms with Gasteiger partial charge < -0.3 is 10.0 Å². The number of nitrogens with one attached hydrogen (secondary N) is 1. The lowest BCUT2D eigenvalue weighted by molar-refractivity contribution is 0.0691. The highest BCUT2D eigenvalue weighted by atomic mass is 32.2. The molecule has 0 bridgehead atoms. The van der Waals surface area contributed by atoms with Gasteiger partial charge in [0.1, 0.15) is 5.82 Å². The van der Waals surface area contributed by atoms with E-state index in [1.165, 1.54) is 19.0 Å². The fourth-order valence-electron chi connectivity index (χ4n) is 2.44. The van der Waals surface area contributed by atoms with Crippen LogP contribution in [0.5, 0.6) is 0 Å². The van der Waals surface area contributed by atoms with Crippen LogP contribution in [0, 0.1) is 5.82 Å². The van der Waals surface area contributed by atoms with Gasteiger partial charge in [-0.05, 0) is 25.0 Å². The molecule has 0 unspecified atom stereocenters. The van der Waals surface area contributed by atoms with E-state index in [0.717, 1.165) is 16.4 Å². The van der Waals surface area contributed by atoms with Gasteiger partial charge in [0, 0.05) is 27.2 Å². The Kier molecular flexibility index (Phi) is 5.09. The van der Waals surface area contributed by atoms with Crippen LogP contribution in [-0.4, -0.2) is 56.9 Å². The molecular weight excluding hydrogens is 341 g/mol. The van der Waals surface area contributed by atoms with Crippen LogP contribution in [0.25, 0.3) is 0 Å². The minimum absolute atomic E-state index is 0.0999. The third-order valence-corrected chi connectivity index (χ3v) is 5.16. The average Bonchev–Trinajstić information content (AvgIpc) is 3.00. The van der Waals surface area contributed by atoms with Crippen molar-refractivity contribution in [1.82, 2.24) is 9.03 Å². The number of hydrogen-bond donors (Lipinski definition) is 2. The van der Waals surface area contributed by atoms with Gasteiger partial charge in [0.25, 0.3) is 5.91 Å². The molecule has 10 heteroatoms. The van der Waals surface area contributed by atoms with Crippen molar-refractivity contribution >= 4 is 27.8 Å². The van der Waals surface area contributed by atoms with E-state index in [4.69, 9.17) is 5.11 Å². The first-order valence-corrected chi connectivity index (χ1v) is 8.64. The molecule has 2 rings (SSSR count). The van der Waals surface area contributed by atoms with Gasteiger partial charge in [0.2, 0.25) is 0 Å². The molecular formula is C14H18FN3O5S. The summed E-state index contributed by atoms with van der Waals surface area (Å²) in [7, 11) is -0.948. The van der Waals surface area contributed by atoms with Crippen LogP contribution in [0.1, 0.15) is 33.6 Å². The lowest BCUT2D eigenvalue weighted by Gasteiger charge is -2.20. The summed E-state index contributed by atoms with van der Waals surface area (Å²) < 4.78 is 41.2. The number of amides is 1. The van der Waals surface area contributed by atoms with Gasteiger partial charge in [-0.1, -0.05) is 0 Å². The summed E-state index contributed by atoms with van der Waals surface area (Å²) in [6, 6.07) is 1.72. The minimum Gasteiger partial charge on any atom is -0.478 e. The molecule has 0 aromatic heterocycles. The lowest BCUT2D eigenvalue weighted by atomic mass is 10.1. The quantitative estimate of drug-likeness (QED) is 0.800. The zero-order chi connectivity index (χ0) is 18.1. The summed E-state index contributed by atoms with van der Waals surface area (Å²) in [6.45, 7) is 0.630. The summed E-state index contributed by atoms with van der Waals surface area (Å²) >= 11 is 0. The third-order valence-electron chi connectivity index (χ3n) is 3.67. The van der Waals surface area contributed by atoms with Crippen molar-refractivity contribution in [2.75, 3.05) is 32.1 Å². The molecule has 1 aromatic carbocycles. The lowest BCUT2D eigenvalue weighted by Crippen LogP contribution is -2.42. The second-order valence-corrected chi connectivity index (χ2v) is 7.26. The van der Waals surface area contributed by atoms with Crippen LogP contribution in [0.2, 0.25) is 0 Å². The van der Waals surface area contributed by atoms with E-state index in [-0.39, 0.29) is 11.3 Å². The van der Waals surface area contributed by atoms with Gasteiger partial charge in [0.05, 0.1) is 16.8 Å². The summed E-state index contributed by atoms with van der Waals surface area (Å²) in [5.41, 5.74) is -0.758. The maximum Gasteiger partial charge on any atom is 0.338 e. The van der Waals surface area contributed by atoms with Gasteiger partial charge in [-0.2, -0.15) is 12.7 Å². The van der Waals surface area contributed by atoms with Crippen molar-refractivity contribution in [2.45, 2.75) is 12.8 Å². The van der Waals surface area contributed by atoms with Crippen LogP contribution >= 0.6 is 0 Å². The first-order chi connectivity index (χ1) is 11.1. The third kappa shape index (κ3) is 3.65. The Labute approximate surface area is 139 Å². The molecule has 0 atom stereocenters. The predicted molar refractivity (Wildman–Crippen MR) is 84.9 cm³/mol. The zero-order valence-electron chi connectivity index (χ0n) is 13.2. The van der Waals surface area contributed by atoms with Gasteiger partial charge in [0.15, 0.2) is 0 Å². The molecule has 1 aliphatic rings. The van der Waals surface area contributed by atoms with Crippen LogP contribution in [-0.2, 0) is 10.2 Å². The Hall–Kier alpha value is -2.20. The average molecular weight is 359 g/mol. The van der Waals surface area contributed by atoms with E-state index in [1.54, 1.807) is 0 Å². The van der Waals surface area contributed by atoms with Crippen molar-refractivity contribution in [3.05, 3.63) is 29.1 Å². The molecule has 1 amide bonds. The maximum absolute atomic E-state index is 13.9. The number of halogens is 1. The van der Waals surface area contributed by atoms with Gasteiger partial charge >= 0.3 is 16.2 Å². The van der Waals surface area contributed by atoms with E-state index >= 15 is 0 Å². The first-order valence-electron chi connectivity index (χ1n) is 7.20. The molecule has 0 aliphatic carbocycles. The molecule has 132 valence electrons. The molecule has 1 heterocycles. The zero-order valence-corrected chi connectivity index (χ0v) is 14.1. The largest absolute Gasteiger partial charge is 0.478 e. The highest BCUT2D eigenvalue weighted by molar-refractivity contribution is 7.87. The Morgan fingerprint density at radius 1 is 1.21 bits per heavy atom. The van der Waals surface area contributed by atoms with E-state index in [1.807, 2.05) is 4.72 Å². The van der Waals surface area contributed by atoms with Gasteiger partial charge in [-0.15, -0.1) is 0 Å². The van der Waals surface area contributed by atoms with Crippen molar-refractivity contribution in [3.63, 3.8) is 0 Å². The SMILES string of the molecule is CN(C)c1cc(C(=O)O)c(F)cc1C(=O)NS(=O)(=O)N1CCCC1. The predicted octanol–water partition coefficient (Wildman–Crippen LogP) is 0.660. The highest BCUT2D eigenvalue weighted by Gasteiger charge is 2.29. The fraction of sp³-hybridized carbons (Fsp3) is 0.429. The number of rotatable bonds is 5. The molecule has 0 radical (unpaired) electrons. The smallest absolute Gasteiger partial charge is 0.338 e. The van der Waals surface area contributed by atoms with Crippen LogP contribution in [0.3, 0.4) is 0 Å². The Balaban J connectivity index is 2.38. The van der Waals surface area contributed by atoms with Crippen molar-refractivity contribution in [3.8, 4) is 0 Å². The molecule has 0 spiro atoms.